The Labute approximate surface area is 119 Å². The van der Waals surface area contributed by atoms with Crippen LogP contribution < -0.4 is 16.2 Å². The standard InChI is InChI=1S/C17H21NO2/c1-9-7-11(3)12(8-10(9)2)13-14(16(20)15(13)19)18-17(4,5)6/h7-8,18H,1-6H3. The molecule has 0 atom stereocenters. The summed E-state index contributed by atoms with van der Waals surface area (Å²) in [5.41, 5.74) is 4.15. The van der Waals surface area contributed by atoms with Gasteiger partial charge < -0.3 is 5.32 Å². The van der Waals surface area contributed by atoms with Crippen molar-refractivity contribution in [2.45, 2.75) is 47.1 Å². The van der Waals surface area contributed by atoms with Crippen molar-refractivity contribution in [2.75, 3.05) is 5.32 Å². The first-order chi connectivity index (χ1) is 9.11. The van der Waals surface area contributed by atoms with E-state index >= 15 is 0 Å². The minimum atomic E-state index is -0.410. The summed E-state index contributed by atoms with van der Waals surface area (Å²) in [4.78, 5) is 23.8. The molecule has 0 spiro atoms. The molecule has 3 nitrogen and oxygen atoms in total. The summed E-state index contributed by atoms with van der Waals surface area (Å²) in [7, 11) is 0. The maximum absolute atomic E-state index is 12.0. The zero-order valence-corrected chi connectivity index (χ0v) is 13.0. The number of anilines is 1. The van der Waals surface area contributed by atoms with Crippen LogP contribution in [-0.4, -0.2) is 5.54 Å². The van der Waals surface area contributed by atoms with Crippen LogP contribution in [0.5, 0.6) is 0 Å². The van der Waals surface area contributed by atoms with Gasteiger partial charge in [-0.3, -0.25) is 9.59 Å². The molecule has 20 heavy (non-hydrogen) atoms. The van der Waals surface area contributed by atoms with Crippen LogP contribution in [0.15, 0.2) is 21.7 Å². The van der Waals surface area contributed by atoms with Gasteiger partial charge in [-0.05, 0) is 63.8 Å². The molecule has 3 heteroatoms. The van der Waals surface area contributed by atoms with Crippen molar-refractivity contribution in [3.8, 4) is 11.1 Å². The molecule has 0 aliphatic carbocycles. The summed E-state index contributed by atoms with van der Waals surface area (Å²) >= 11 is 0. The summed E-state index contributed by atoms with van der Waals surface area (Å²) in [6.07, 6.45) is 0. The van der Waals surface area contributed by atoms with Crippen molar-refractivity contribution in [1.29, 1.82) is 0 Å². The van der Waals surface area contributed by atoms with Crippen LogP contribution in [0.4, 0.5) is 5.69 Å². The Morgan fingerprint density at radius 3 is 1.95 bits per heavy atom. The largest absolute Gasteiger partial charge is 0.377 e. The third-order valence-corrected chi connectivity index (χ3v) is 3.52. The summed E-state index contributed by atoms with van der Waals surface area (Å²) in [6.45, 7) is 12.0. The zero-order valence-electron chi connectivity index (χ0n) is 13.0. The lowest BCUT2D eigenvalue weighted by Gasteiger charge is -2.25. The number of aryl methyl sites for hydroxylation is 3. The van der Waals surface area contributed by atoms with E-state index in [1.54, 1.807) is 0 Å². The number of nitrogens with one attached hydrogen (secondary N) is 1. The van der Waals surface area contributed by atoms with Gasteiger partial charge in [-0.2, -0.15) is 0 Å². The molecule has 2 rings (SSSR count). The molecule has 0 bridgehead atoms. The predicted molar refractivity (Wildman–Crippen MR) is 84.4 cm³/mol. The Morgan fingerprint density at radius 2 is 1.40 bits per heavy atom. The molecule has 0 radical (unpaired) electrons. The molecule has 106 valence electrons. The van der Waals surface area contributed by atoms with Gasteiger partial charge in [0.05, 0.1) is 11.3 Å². The fraction of sp³-hybridized carbons (Fsp3) is 0.412. The minimum Gasteiger partial charge on any atom is -0.377 e. The maximum atomic E-state index is 12.0. The van der Waals surface area contributed by atoms with E-state index in [1.807, 2.05) is 47.6 Å². The molecule has 0 saturated heterocycles. The van der Waals surface area contributed by atoms with Gasteiger partial charge >= 0.3 is 0 Å². The van der Waals surface area contributed by atoms with Gasteiger partial charge in [0.15, 0.2) is 0 Å². The van der Waals surface area contributed by atoms with Crippen LogP contribution in [-0.2, 0) is 0 Å². The number of hydrogen-bond donors (Lipinski definition) is 1. The molecule has 0 saturated carbocycles. The Morgan fingerprint density at radius 1 is 0.850 bits per heavy atom. The normalized spacial score (nSPS) is 11.9. The summed E-state index contributed by atoms with van der Waals surface area (Å²) < 4.78 is 0. The second-order valence-electron chi connectivity index (χ2n) is 6.53. The fourth-order valence-corrected chi connectivity index (χ4v) is 2.37. The van der Waals surface area contributed by atoms with Crippen molar-refractivity contribution in [3.05, 3.63) is 49.3 Å². The van der Waals surface area contributed by atoms with E-state index in [0.29, 0.717) is 11.3 Å². The molecule has 2 aromatic carbocycles. The monoisotopic (exact) mass is 271 g/mol. The average Bonchev–Trinajstić information content (AvgIpc) is 2.33. The predicted octanol–water partition coefficient (Wildman–Crippen LogP) is 3.09. The first kappa shape index (κ1) is 14.5. The first-order valence-electron chi connectivity index (χ1n) is 6.81. The topological polar surface area (TPSA) is 46.2 Å². The van der Waals surface area contributed by atoms with Gasteiger partial charge in [0, 0.05) is 5.54 Å². The highest BCUT2D eigenvalue weighted by Crippen LogP contribution is 2.30. The third kappa shape index (κ3) is 2.40. The van der Waals surface area contributed by atoms with Gasteiger partial charge in [0.2, 0.25) is 10.9 Å². The summed E-state index contributed by atoms with van der Waals surface area (Å²) in [6, 6.07) is 4.05. The van der Waals surface area contributed by atoms with Gasteiger partial charge in [-0.15, -0.1) is 0 Å². The van der Waals surface area contributed by atoms with Crippen LogP contribution in [0.3, 0.4) is 0 Å². The third-order valence-electron chi connectivity index (χ3n) is 3.52. The van der Waals surface area contributed by atoms with Crippen molar-refractivity contribution >= 4 is 5.69 Å². The van der Waals surface area contributed by atoms with E-state index in [1.165, 1.54) is 5.56 Å². The van der Waals surface area contributed by atoms with Gasteiger partial charge in [-0.25, -0.2) is 0 Å². The second-order valence-corrected chi connectivity index (χ2v) is 6.53. The smallest absolute Gasteiger partial charge is 0.250 e. The van der Waals surface area contributed by atoms with E-state index in [0.717, 1.165) is 16.7 Å². The van der Waals surface area contributed by atoms with Crippen molar-refractivity contribution in [3.63, 3.8) is 0 Å². The van der Waals surface area contributed by atoms with Gasteiger partial charge in [0.1, 0.15) is 0 Å². The molecular weight excluding hydrogens is 250 g/mol. The zero-order chi connectivity index (χ0) is 15.2. The Bertz CT molecular complexity index is 742. The molecule has 1 N–H and O–H groups in total. The lowest BCUT2D eigenvalue weighted by atomic mass is 9.91. The van der Waals surface area contributed by atoms with Gasteiger partial charge in [-0.1, -0.05) is 12.1 Å². The SMILES string of the molecule is Cc1cc(C)c(-c2c(NC(C)(C)C)c(=O)c2=O)cc1C. The van der Waals surface area contributed by atoms with Crippen LogP contribution in [0.1, 0.15) is 37.5 Å². The van der Waals surface area contributed by atoms with Crippen molar-refractivity contribution in [1.82, 2.24) is 0 Å². The molecular formula is C17H21NO2. The molecule has 0 aliphatic heterocycles. The lowest BCUT2D eigenvalue weighted by Crippen LogP contribution is -2.41. The van der Waals surface area contributed by atoms with Gasteiger partial charge in [0.25, 0.3) is 0 Å². The molecule has 0 heterocycles. The number of benzene rings is 1. The van der Waals surface area contributed by atoms with Crippen LogP contribution in [0, 0.1) is 20.8 Å². The van der Waals surface area contributed by atoms with Crippen LogP contribution in [0.2, 0.25) is 0 Å². The summed E-state index contributed by atoms with van der Waals surface area (Å²) in [5, 5.41) is 3.15. The Kier molecular flexibility index (Phi) is 3.32. The van der Waals surface area contributed by atoms with Crippen LogP contribution in [0.25, 0.3) is 11.1 Å². The van der Waals surface area contributed by atoms with E-state index < -0.39 is 5.43 Å². The van der Waals surface area contributed by atoms with E-state index in [2.05, 4.69) is 11.4 Å². The molecule has 0 amide bonds. The van der Waals surface area contributed by atoms with Crippen molar-refractivity contribution in [2.24, 2.45) is 0 Å². The fourth-order valence-electron chi connectivity index (χ4n) is 2.37. The lowest BCUT2D eigenvalue weighted by molar-refractivity contribution is 0.632. The van der Waals surface area contributed by atoms with Crippen LogP contribution >= 0.6 is 0 Å². The minimum absolute atomic E-state index is 0.245. The highest BCUT2D eigenvalue weighted by atomic mass is 16.2. The molecule has 0 aromatic heterocycles. The van der Waals surface area contributed by atoms with E-state index in [-0.39, 0.29) is 11.0 Å². The maximum Gasteiger partial charge on any atom is 0.250 e. The highest BCUT2D eigenvalue weighted by molar-refractivity contribution is 5.84. The Hall–Kier alpha value is -1.90. The quantitative estimate of drug-likeness (QED) is 0.854. The Balaban J connectivity index is 2.61. The number of hydrogen-bond acceptors (Lipinski definition) is 3. The molecule has 0 fully saturated rings. The van der Waals surface area contributed by atoms with Crippen molar-refractivity contribution < 1.29 is 0 Å². The molecule has 0 unspecified atom stereocenters. The van der Waals surface area contributed by atoms with E-state index in [4.69, 9.17) is 0 Å². The average molecular weight is 271 g/mol. The summed E-state index contributed by atoms with van der Waals surface area (Å²) in [5.74, 6) is 0. The highest BCUT2D eigenvalue weighted by Gasteiger charge is 2.26. The molecule has 0 aliphatic rings. The van der Waals surface area contributed by atoms with E-state index in [9.17, 15) is 9.59 Å². The number of rotatable bonds is 2. The molecule has 2 aromatic rings. The first-order valence-corrected chi connectivity index (χ1v) is 6.81. The second kappa shape index (κ2) is 4.58.